The minimum absolute atomic E-state index is 0.00241. The molecule has 0 heterocycles. The van der Waals surface area contributed by atoms with Crippen molar-refractivity contribution < 1.29 is 4.79 Å². The lowest BCUT2D eigenvalue weighted by Gasteiger charge is -2.27. The summed E-state index contributed by atoms with van der Waals surface area (Å²) in [6.07, 6.45) is 0. The summed E-state index contributed by atoms with van der Waals surface area (Å²) in [7, 11) is 0. The lowest BCUT2D eigenvalue weighted by molar-refractivity contribution is -0.117. The van der Waals surface area contributed by atoms with E-state index >= 15 is 0 Å². The van der Waals surface area contributed by atoms with Crippen molar-refractivity contribution in [3.63, 3.8) is 0 Å². The number of nitrogen functional groups attached to an aromatic ring is 1. The second kappa shape index (κ2) is 7.29. The number of anilines is 2. The Morgan fingerprint density at radius 3 is 2.45 bits per heavy atom. The highest BCUT2D eigenvalue weighted by molar-refractivity contribution is 5.92. The molecule has 0 atom stereocenters. The van der Waals surface area contributed by atoms with Gasteiger partial charge in [0.15, 0.2) is 0 Å². The van der Waals surface area contributed by atoms with Gasteiger partial charge in [-0.05, 0) is 44.4 Å². The summed E-state index contributed by atoms with van der Waals surface area (Å²) in [5.41, 5.74) is 8.33. The maximum atomic E-state index is 12.1. The number of nitrogens with two attached hydrogens (primary N) is 1. The minimum Gasteiger partial charge on any atom is -0.398 e. The molecule has 0 aliphatic rings. The molecule has 1 aromatic carbocycles. The van der Waals surface area contributed by atoms with Gasteiger partial charge in [-0.3, -0.25) is 9.69 Å². The van der Waals surface area contributed by atoms with Crippen LogP contribution in [0.15, 0.2) is 18.2 Å². The molecule has 0 saturated heterocycles. The molecular formula is C16H27N3O. The van der Waals surface area contributed by atoms with Gasteiger partial charge in [0.1, 0.15) is 0 Å². The first-order valence-electron chi connectivity index (χ1n) is 7.19. The topological polar surface area (TPSA) is 58.4 Å². The van der Waals surface area contributed by atoms with Gasteiger partial charge in [-0.25, -0.2) is 0 Å². The van der Waals surface area contributed by atoms with Crippen LogP contribution in [0.4, 0.5) is 11.4 Å². The standard InChI is InChI=1S/C16H27N3O/c1-11(2)9-19(12(3)4)10-16(20)18-14-7-6-13(5)15(17)8-14/h6-8,11-12H,9-10,17H2,1-5H3,(H,18,20). The second-order valence-corrected chi connectivity index (χ2v) is 6.04. The van der Waals surface area contributed by atoms with E-state index < -0.39 is 0 Å². The van der Waals surface area contributed by atoms with Crippen LogP contribution in [0, 0.1) is 12.8 Å². The van der Waals surface area contributed by atoms with E-state index in [1.165, 1.54) is 0 Å². The number of hydrogen-bond acceptors (Lipinski definition) is 3. The number of carbonyl (C=O) groups is 1. The molecule has 0 saturated carbocycles. The molecule has 0 bridgehead atoms. The fourth-order valence-corrected chi connectivity index (χ4v) is 2.03. The van der Waals surface area contributed by atoms with E-state index in [4.69, 9.17) is 5.73 Å². The molecule has 0 aromatic heterocycles. The van der Waals surface area contributed by atoms with Crippen molar-refractivity contribution in [3.8, 4) is 0 Å². The molecule has 4 heteroatoms. The fourth-order valence-electron chi connectivity index (χ4n) is 2.03. The van der Waals surface area contributed by atoms with Gasteiger partial charge in [0.2, 0.25) is 5.91 Å². The van der Waals surface area contributed by atoms with Crippen LogP contribution in [0.25, 0.3) is 0 Å². The first-order valence-corrected chi connectivity index (χ1v) is 7.19. The third-order valence-corrected chi connectivity index (χ3v) is 3.24. The van der Waals surface area contributed by atoms with Crippen molar-refractivity contribution in [1.82, 2.24) is 4.90 Å². The molecule has 0 aliphatic carbocycles. The third-order valence-electron chi connectivity index (χ3n) is 3.24. The predicted octanol–water partition coefficient (Wildman–Crippen LogP) is 2.88. The molecule has 1 rings (SSSR count). The van der Waals surface area contributed by atoms with E-state index in [0.717, 1.165) is 17.8 Å². The molecule has 0 unspecified atom stereocenters. The summed E-state index contributed by atoms with van der Waals surface area (Å²) >= 11 is 0. The third kappa shape index (κ3) is 5.21. The number of rotatable bonds is 6. The van der Waals surface area contributed by atoms with Crippen LogP contribution in [0.1, 0.15) is 33.3 Å². The summed E-state index contributed by atoms with van der Waals surface area (Å²) < 4.78 is 0. The molecule has 0 radical (unpaired) electrons. The predicted molar refractivity (Wildman–Crippen MR) is 85.8 cm³/mol. The molecule has 4 nitrogen and oxygen atoms in total. The maximum absolute atomic E-state index is 12.1. The highest BCUT2D eigenvalue weighted by atomic mass is 16.2. The molecular weight excluding hydrogens is 250 g/mol. The van der Waals surface area contributed by atoms with Crippen LogP contribution in [0.2, 0.25) is 0 Å². The van der Waals surface area contributed by atoms with Crippen molar-refractivity contribution >= 4 is 17.3 Å². The SMILES string of the molecule is Cc1ccc(NC(=O)CN(CC(C)C)C(C)C)cc1N. The monoisotopic (exact) mass is 277 g/mol. The van der Waals surface area contributed by atoms with E-state index in [9.17, 15) is 4.79 Å². The summed E-state index contributed by atoms with van der Waals surface area (Å²) in [4.78, 5) is 14.3. The highest BCUT2D eigenvalue weighted by Gasteiger charge is 2.15. The summed E-state index contributed by atoms with van der Waals surface area (Å²) in [6.45, 7) is 11.8. The number of nitrogens with one attached hydrogen (secondary N) is 1. The van der Waals surface area contributed by atoms with Gasteiger partial charge in [0, 0.05) is 24.0 Å². The lowest BCUT2D eigenvalue weighted by atomic mass is 10.1. The normalized spacial score (nSPS) is 11.4. The van der Waals surface area contributed by atoms with Gasteiger partial charge in [-0.2, -0.15) is 0 Å². The Labute approximate surface area is 122 Å². The van der Waals surface area contributed by atoms with Gasteiger partial charge in [-0.1, -0.05) is 19.9 Å². The smallest absolute Gasteiger partial charge is 0.238 e. The molecule has 3 N–H and O–H groups in total. The number of aryl methyl sites for hydroxylation is 1. The largest absolute Gasteiger partial charge is 0.398 e. The van der Waals surface area contributed by atoms with E-state index in [1.54, 1.807) is 6.07 Å². The number of hydrogen-bond donors (Lipinski definition) is 2. The van der Waals surface area contributed by atoms with E-state index in [0.29, 0.717) is 24.2 Å². The first-order chi connectivity index (χ1) is 9.29. The molecule has 0 spiro atoms. The zero-order valence-electron chi connectivity index (χ0n) is 13.2. The van der Waals surface area contributed by atoms with Crippen molar-refractivity contribution in [2.75, 3.05) is 24.1 Å². The zero-order valence-corrected chi connectivity index (χ0v) is 13.2. The van der Waals surface area contributed by atoms with Gasteiger partial charge in [0.05, 0.1) is 6.54 Å². The van der Waals surface area contributed by atoms with Crippen LogP contribution in [0.5, 0.6) is 0 Å². The Bertz CT molecular complexity index is 455. The summed E-state index contributed by atoms with van der Waals surface area (Å²) in [5.74, 6) is 0.544. The Morgan fingerprint density at radius 1 is 1.30 bits per heavy atom. The Morgan fingerprint density at radius 2 is 1.95 bits per heavy atom. The Balaban J connectivity index is 2.63. The quantitative estimate of drug-likeness (QED) is 0.786. The molecule has 112 valence electrons. The average molecular weight is 277 g/mol. The molecule has 0 aliphatic heterocycles. The minimum atomic E-state index is 0.00241. The molecule has 0 fully saturated rings. The molecule has 20 heavy (non-hydrogen) atoms. The van der Waals surface area contributed by atoms with Crippen LogP contribution in [-0.4, -0.2) is 29.9 Å². The molecule has 1 aromatic rings. The van der Waals surface area contributed by atoms with E-state index in [-0.39, 0.29) is 5.91 Å². The number of amides is 1. The average Bonchev–Trinajstić information content (AvgIpc) is 2.32. The van der Waals surface area contributed by atoms with Crippen LogP contribution < -0.4 is 11.1 Å². The number of benzene rings is 1. The van der Waals surface area contributed by atoms with Crippen LogP contribution in [0.3, 0.4) is 0 Å². The van der Waals surface area contributed by atoms with Gasteiger partial charge in [0.25, 0.3) is 0 Å². The number of nitrogens with zero attached hydrogens (tertiary/aromatic N) is 1. The molecule has 1 amide bonds. The van der Waals surface area contributed by atoms with Crippen LogP contribution >= 0.6 is 0 Å². The maximum Gasteiger partial charge on any atom is 0.238 e. The fraction of sp³-hybridized carbons (Fsp3) is 0.562. The lowest BCUT2D eigenvalue weighted by Crippen LogP contribution is -2.40. The van der Waals surface area contributed by atoms with Crippen molar-refractivity contribution in [2.45, 2.75) is 40.7 Å². The van der Waals surface area contributed by atoms with E-state index in [1.807, 2.05) is 19.1 Å². The second-order valence-electron chi connectivity index (χ2n) is 6.04. The summed E-state index contributed by atoms with van der Waals surface area (Å²) in [5, 5.41) is 2.91. The van der Waals surface area contributed by atoms with Crippen molar-refractivity contribution in [1.29, 1.82) is 0 Å². The van der Waals surface area contributed by atoms with Gasteiger partial charge in [-0.15, -0.1) is 0 Å². The summed E-state index contributed by atoms with van der Waals surface area (Å²) in [6, 6.07) is 5.95. The van der Waals surface area contributed by atoms with Gasteiger partial charge < -0.3 is 11.1 Å². The van der Waals surface area contributed by atoms with Crippen molar-refractivity contribution in [2.24, 2.45) is 5.92 Å². The Hall–Kier alpha value is -1.55. The zero-order chi connectivity index (χ0) is 15.3. The van der Waals surface area contributed by atoms with E-state index in [2.05, 4.69) is 37.9 Å². The van der Waals surface area contributed by atoms with Gasteiger partial charge >= 0.3 is 0 Å². The highest BCUT2D eigenvalue weighted by Crippen LogP contribution is 2.17. The first kappa shape index (κ1) is 16.5. The number of carbonyl (C=O) groups excluding carboxylic acids is 1. The Kier molecular flexibility index (Phi) is 6.02. The van der Waals surface area contributed by atoms with Crippen molar-refractivity contribution in [3.05, 3.63) is 23.8 Å². The van der Waals surface area contributed by atoms with Crippen LogP contribution in [-0.2, 0) is 4.79 Å².